The first kappa shape index (κ1) is 15.6. The molecule has 1 spiro atoms. The molecule has 3 atom stereocenters. The minimum Gasteiger partial charge on any atom is -0.0859 e. The van der Waals surface area contributed by atoms with Crippen LogP contribution in [0.15, 0.2) is 34.9 Å². The fourth-order valence-corrected chi connectivity index (χ4v) is 4.18. The quantitative estimate of drug-likeness (QED) is 0.516. The van der Waals surface area contributed by atoms with Crippen LogP contribution in [-0.4, -0.2) is 0 Å². The van der Waals surface area contributed by atoms with E-state index >= 15 is 0 Å². The zero-order valence-electron chi connectivity index (χ0n) is 14.1. The summed E-state index contributed by atoms with van der Waals surface area (Å²) >= 11 is 0. The average molecular weight is 272 g/mol. The summed E-state index contributed by atoms with van der Waals surface area (Å²) < 4.78 is 0. The Kier molecular flexibility index (Phi) is 4.94. The largest absolute Gasteiger partial charge is 0.0859 e. The van der Waals surface area contributed by atoms with Crippen molar-refractivity contribution in [3.05, 3.63) is 34.9 Å². The summed E-state index contributed by atoms with van der Waals surface area (Å²) in [5.74, 6) is 1.59. The van der Waals surface area contributed by atoms with E-state index in [0.29, 0.717) is 5.41 Å². The monoisotopic (exact) mass is 272 g/mol. The topological polar surface area (TPSA) is 0 Å². The summed E-state index contributed by atoms with van der Waals surface area (Å²) in [6, 6.07) is 0. The summed E-state index contributed by atoms with van der Waals surface area (Å²) in [7, 11) is 0. The van der Waals surface area contributed by atoms with Crippen LogP contribution in [0.2, 0.25) is 0 Å². The Morgan fingerprint density at radius 2 is 2.15 bits per heavy atom. The molecule has 0 N–H and O–H groups in total. The van der Waals surface area contributed by atoms with Crippen molar-refractivity contribution in [2.24, 2.45) is 17.3 Å². The molecule has 20 heavy (non-hydrogen) atoms. The van der Waals surface area contributed by atoms with Crippen molar-refractivity contribution in [1.82, 2.24) is 0 Å². The number of hydrogen-bond donors (Lipinski definition) is 0. The fraction of sp³-hybridized carbons (Fsp3) is 0.700. The maximum Gasteiger partial charge on any atom is -0.00193 e. The predicted molar refractivity (Wildman–Crippen MR) is 89.7 cm³/mol. The third-order valence-corrected chi connectivity index (χ3v) is 5.67. The van der Waals surface area contributed by atoms with Crippen LogP contribution in [0, 0.1) is 17.3 Å². The fourth-order valence-electron chi connectivity index (χ4n) is 4.18. The van der Waals surface area contributed by atoms with Crippen molar-refractivity contribution in [3.63, 3.8) is 0 Å². The Morgan fingerprint density at radius 3 is 2.75 bits per heavy atom. The lowest BCUT2D eigenvalue weighted by molar-refractivity contribution is 0.206. The van der Waals surface area contributed by atoms with E-state index in [1.807, 2.05) is 0 Å². The van der Waals surface area contributed by atoms with Crippen LogP contribution >= 0.6 is 0 Å². The third-order valence-electron chi connectivity index (χ3n) is 5.67. The molecule has 3 unspecified atom stereocenters. The second kappa shape index (κ2) is 6.33. The molecule has 0 saturated carbocycles. The second-order valence-electron chi connectivity index (χ2n) is 7.47. The predicted octanol–water partition coefficient (Wildman–Crippen LogP) is 6.45. The van der Waals surface area contributed by atoms with Crippen molar-refractivity contribution in [1.29, 1.82) is 0 Å². The van der Waals surface area contributed by atoms with E-state index in [4.69, 9.17) is 0 Å². The molecule has 0 aromatic heterocycles. The highest BCUT2D eigenvalue weighted by Gasteiger charge is 2.44. The van der Waals surface area contributed by atoms with E-state index in [9.17, 15) is 0 Å². The first-order valence-electron chi connectivity index (χ1n) is 8.45. The molecule has 112 valence electrons. The minimum absolute atomic E-state index is 0.504. The van der Waals surface area contributed by atoms with Gasteiger partial charge in [-0.05, 0) is 76.5 Å². The number of allylic oxidation sites excluding steroid dienone is 6. The smallest absolute Gasteiger partial charge is 0.00193 e. The first-order valence-corrected chi connectivity index (χ1v) is 8.45. The Hall–Kier alpha value is -0.780. The van der Waals surface area contributed by atoms with Crippen LogP contribution in [0.1, 0.15) is 73.1 Å². The first-order chi connectivity index (χ1) is 9.45. The van der Waals surface area contributed by atoms with Gasteiger partial charge in [0.1, 0.15) is 0 Å². The highest BCUT2D eigenvalue weighted by molar-refractivity contribution is 5.29. The van der Waals surface area contributed by atoms with Gasteiger partial charge in [-0.15, -0.1) is 0 Å². The average Bonchev–Trinajstić information content (AvgIpc) is 2.70. The molecule has 2 aliphatic rings. The van der Waals surface area contributed by atoms with E-state index in [1.54, 1.807) is 11.1 Å². The van der Waals surface area contributed by atoms with Crippen molar-refractivity contribution in [2.45, 2.75) is 73.1 Å². The zero-order chi connectivity index (χ0) is 14.8. The summed E-state index contributed by atoms with van der Waals surface area (Å²) in [4.78, 5) is 0. The van der Waals surface area contributed by atoms with E-state index in [2.05, 4.69) is 52.8 Å². The second-order valence-corrected chi connectivity index (χ2v) is 7.47. The molecular formula is C20H32. The van der Waals surface area contributed by atoms with Gasteiger partial charge in [-0.25, -0.2) is 0 Å². The van der Waals surface area contributed by atoms with Crippen LogP contribution in [0.5, 0.6) is 0 Å². The van der Waals surface area contributed by atoms with E-state index in [-0.39, 0.29) is 0 Å². The van der Waals surface area contributed by atoms with Crippen LogP contribution in [0.3, 0.4) is 0 Å². The van der Waals surface area contributed by atoms with Gasteiger partial charge in [-0.1, -0.05) is 48.8 Å². The molecular weight excluding hydrogens is 240 g/mol. The van der Waals surface area contributed by atoms with Crippen LogP contribution in [0.4, 0.5) is 0 Å². The molecule has 0 bridgehead atoms. The molecule has 0 amide bonds. The summed E-state index contributed by atoms with van der Waals surface area (Å²) in [5, 5.41) is 0. The normalized spacial score (nSPS) is 30.9. The van der Waals surface area contributed by atoms with Gasteiger partial charge in [-0.3, -0.25) is 0 Å². The highest BCUT2D eigenvalue weighted by Crippen LogP contribution is 2.55. The molecule has 0 heterocycles. The molecule has 0 heteroatoms. The molecule has 0 fully saturated rings. The zero-order valence-corrected chi connectivity index (χ0v) is 14.1. The van der Waals surface area contributed by atoms with Crippen molar-refractivity contribution in [2.75, 3.05) is 0 Å². The molecule has 2 aliphatic carbocycles. The Morgan fingerprint density at radius 1 is 1.40 bits per heavy atom. The van der Waals surface area contributed by atoms with Crippen LogP contribution < -0.4 is 0 Å². The third kappa shape index (κ3) is 3.10. The van der Waals surface area contributed by atoms with Gasteiger partial charge in [-0.2, -0.15) is 0 Å². The maximum absolute atomic E-state index is 2.59. The van der Waals surface area contributed by atoms with E-state index in [0.717, 1.165) is 11.8 Å². The van der Waals surface area contributed by atoms with Gasteiger partial charge in [0.05, 0.1) is 0 Å². The standard InChI is InChI=1S/C20H32/c1-15(2)7-6-8-17(4)19-10-9-18(5)20(19)13-11-16(3)12-14-20/h7,10-11,17-18H,6,8-9,12-14H2,1-5H3. The summed E-state index contributed by atoms with van der Waals surface area (Å²) in [6.07, 6.45) is 15.3. The molecule has 0 aliphatic heterocycles. The van der Waals surface area contributed by atoms with Crippen molar-refractivity contribution in [3.8, 4) is 0 Å². The SMILES string of the molecule is CC(C)=CCCC(C)C1=CCC(C)C12CC=C(C)CC2. The number of hydrogen-bond acceptors (Lipinski definition) is 0. The minimum atomic E-state index is 0.504. The molecule has 0 aromatic carbocycles. The Labute approximate surface area is 126 Å². The Bertz CT molecular complexity index is 431. The Balaban J connectivity index is 2.08. The lowest BCUT2D eigenvalue weighted by Gasteiger charge is -2.41. The highest BCUT2D eigenvalue weighted by atomic mass is 14.5. The van der Waals surface area contributed by atoms with Gasteiger partial charge >= 0.3 is 0 Å². The lowest BCUT2D eigenvalue weighted by atomic mass is 9.63. The summed E-state index contributed by atoms with van der Waals surface area (Å²) in [5.41, 5.74) is 5.35. The maximum atomic E-state index is 2.59. The van der Waals surface area contributed by atoms with Gasteiger partial charge < -0.3 is 0 Å². The molecule has 0 saturated heterocycles. The molecule has 0 nitrogen and oxygen atoms in total. The van der Waals surface area contributed by atoms with E-state index in [1.165, 1.54) is 44.1 Å². The van der Waals surface area contributed by atoms with E-state index < -0.39 is 0 Å². The van der Waals surface area contributed by atoms with Crippen LogP contribution in [0.25, 0.3) is 0 Å². The lowest BCUT2D eigenvalue weighted by Crippen LogP contribution is -2.31. The molecule has 2 rings (SSSR count). The molecule has 0 aromatic rings. The summed E-state index contributed by atoms with van der Waals surface area (Å²) in [6.45, 7) is 11.6. The molecule has 0 radical (unpaired) electrons. The van der Waals surface area contributed by atoms with Gasteiger partial charge in [0.2, 0.25) is 0 Å². The van der Waals surface area contributed by atoms with Gasteiger partial charge in [0, 0.05) is 0 Å². The number of rotatable bonds is 4. The van der Waals surface area contributed by atoms with Gasteiger partial charge in [0.15, 0.2) is 0 Å². The van der Waals surface area contributed by atoms with Crippen molar-refractivity contribution < 1.29 is 0 Å². The van der Waals surface area contributed by atoms with Crippen LogP contribution in [-0.2, 0) is 0 Å². The van der Waals surface area contributed by atoms with Gasteiger partial charge in [0.25, 0.3) is 0 Å². The van der Waals surface area contributed by atoms with Crippen molar-refractivity contribution >= 4 is 0 Å².